The first-order valence-corrected chi connectivity index (χ1v) is 8.31. The zero-order chi connectivity index (χ0) is 16.2. The third-order valence-electron chi connectivity index (χ3n) is 4.42. The smallest absolute Gasteiger partial charge is 0.253 e. The van der Waals surface area contributed by atoms with E-state index in [1.165, 1.54) is 0 Å². The van der Waals surface area contributed by atoms with Crippen LogP contribution in [0.4, 0.5) is 0 Å². The zero-order valence-corrected chi connectivity index (χ0v) is 13.6. The normalized spacial score (nSPS) is 19.4. The van der Waals surface area contributed by atoms with Crippen molar-refractivity contribution in [2.45, 2.75) is 18.9 Å². The number of carbonyl (C=O) groups excluding carboxylic acids is 1. The van der Waals surface area contributed by atoms with Crippen molar-refractivity contribution in [2.75, 3.05) is 13.1 Å². The lowest BCUT2D eigenvalue weighted by Crippen LogP contribution is -2.41. The number of nitrogens with zero attached hydrogens (tertiary/aromatic N) is 1. The van der Waals surface area contributed by atoms with Gasteiger partial charge in [-0.1, -0.05) is 41.9 Å². The van der Waals surface area contributed by atoms with E-state index in [1.54, 1.807) is 24.3 Å². The van der Waals surface area contributed by atoms with Gasteiger partial charge in [0.25, 0.3) is 5.91 Å². The number of hydrogen-bond acceptors (Lipinski definition) is 2. The van der Waals surface area contributed by atoms with Crippen LogP contribution in [0.15, 0.2) is 54.6 Å². The van der Waals surface area contributed by atoms with Gasteiger partial charge in [0.1, 0.15) is 0 Å². The van der Waals surface area contributed by atoms with Gasteiger partial charge in [0, 0.05) is 29.6 Å². The summed E-state index contributed by atoms with van der Waals surface area (Å²) in [6, 6.07) is 16.6. The van der Waals surface area contributed by atoms with Gasteiger partial charge in [-0.3, -0.25) is 4.79 Å². The summed E-state index contributed by atoms with van der Waals surface area (Å²) in [5, 5.41) is 11.2. The molecule has 1 heterocycles. The van der Waals surface area contributed by atoms with Gasteiger partial charge in [0.2, 0.25) is 0 Å². The molecule has 3 nitrogen and oxygen atoms in total. The van der Waals surface area contributed by atoms with Gasteiger partial charge in [0.05, 0.1) is 6.10 Å². The molecule has 0 radical (unpaired) electrons. The standard InChI is InChI=1S/C19H20ClNO2/c20-17-10-8-15(9-11-17)19(23)21-12-4-7-16(13-21)18(22)14-5-2-1-3-6-14/h1-3,5-6,8-11,16,18,22H,4,7,12-13H2. The third kappa shape index (κ3) is 3.74. The maximum absolute atomic E-state index is 12.6. The third-order valence-corrected chi connectivity index (χ3v) is 4.68. The Balaban J connectivity index is 1.70. The van der Waals surface area contributed by atoms with Gasteiger partial charge in [-0.2, -0.15) is 0 Å². The Morgan fingerprint density at radius 3 is 2.52 bits per heavy atom. The first-order valence-electron chi connectivity index (χ1n) is 7.93. The molecule has 3 rings (SSSR count). The van der Waals surface area contributed by atoms with Gasteiger partial charge in [0.15, 0.2) is 0 Å². The highest BCUT2D eigenvalue weighted by molar-refractivity contribution is 6.30. The van der Waals surface area contributed by atoms with Crippen LogP contribution in [-0.4, -0.2) is 29.0 Å². The fourth-order valence-electron chi connectivity index (χ4n) is 3.15. The molecule has 0 spiro atoms. The molecular weight excluding hydrogens is 310 g/mol. The fourth-order valence-corrected chi connectivity index (χ4v) is 3.28. The van der Waals surface area contributed by atoms with Crippen molar-refractivity contribution in [3.05, 3.63) is 70.7 Å². The molecule has 1 fully saturated rings. The maximum Gasteiger partial charge on any atom is 0.253 e. The SMILES string of the molecule is O=C(c1ccc(Cl)cc1)N1CCCC(C(O)c2ccccc2)C1. The second-order valence-corrected chi connectivity index (χ2v) is 6.45. The molecule has 0 bridgehead atoms. The minimum absolute atomic E-state index is 0.00614. The van der Waals surface area contributed by atoms with Crippen molar-refractivity contribution in [1.82, 2.24) is 4.90 Å². The summed E-state index contributed by atoms with van der Waals surface area (Å²) in [5.74, 6) is 0.0778. The summed E-state index contributed by atoms with van der Waals surface area (Å²) in [4.78, 5) is 14.5. The summed E-state index contributed by atoms with van der Waals surface area (Å²) in [7, 11) is 0. The summed E-state index contributed by atoms with van der Waals surface area (Å²) in [5.41, 5.74) is 1.56. The van der Waals surface area contributed by atoms with E-state index in [-0.39, 0.29) is 11.8 Å². The quantitative estimate of drug-likeness (QED) is 0.927. The summed E-state index contributed by atoms with van der Waals surface area (Å²) in [6.07, 6.45) is 1.31. The predicted molar refractivity (Wildman–Crippen MR) is 91.5 cm³/mol. The first-order chi connectivity index (χ1) is 11.1. The number of likely N-dealkylation sites (tertiary alicyclic amines) is 1. The molecule has 0 aromatic heterocycles. The van der Waals surface area contributed by atoms with Crippen molar-refractivity contribution in [3.8, 4) is 0 Å². The summed E-state index contributed by atoms with van der Waals surface area (Å²) >= 11 is 5.88. The minimum atomic E-state index is -0.531. The fraction of sp³-hybridized carbons (Fsp3) is 0.316. The molecule has 1 aliphatic heterocycles. The number of carbonyl (C=O) groups is 1. The van der Waals surface area contributed by atoms with E-state index >= 15 is 0 Å². The monoisotopic (exact) mass is 329 g/mol. The second-order valence-electron chi connectivity index (χ2n) is 6.02. The van der Waals surface area contributed by atoms with Crippen LogP contribution in [0.3, 0.4) is 0 Å². The van der Waals surface area contributed by atoms with Crippen LogP contribution in [0.5, 0.6) is 0 Å². The van der Waals surface area contributed by atoms with Crippen LogP contribution in [0.1, 0.15) is 34.9 Å². The number of amides is 1. The summed E-state index contributed by atoms with van der Waals surface area (Å²) in [6.45, 7) is 1.32. The molecule has 1 N–H and O–H groups in total. The minimum Gasteiger partial charge on any atom is -0.388 e. The number of hydrogen-bond donors (Lipinski definition) is 1. The molecule has 2 aromatic carbocycles. The average Bonchev–Trinajstić information content (AvgIpc) is 2.62. The summed E-state index contributed by atoms with van der Waals surface area (Å²) < 4.78 is 0. The van der Waals surface area contributed by atoms with Gasteiger partial charge >= 0.3 is 0 Å². The van der Waals surface area contributed by atoms with Crippen LogP contribution in [0.25, 0.3) is 0 Å². The highest BCUT2D eigenvalue weighted by Gasteiger charge is 2.29. The van der Waals surface area contributed by atoms with Gasteiger partial charge in [-0.05, 0) is 42.7 Å². The van der Waals surface area contributed by atoms with Crippen LogP contribution >= 0.6 is 11.6 Å². The van der Waals surface area contributed by atoms with E-state index < -0.39 is 6.10 Å². The molecule has 2 atom stereocenters. The predicted octanol–water partition coefficient (Wildman–Crippen LogP) is 3.93. The van der Waals surface area contributed by atoms with E-state index in [1.807, 2.05) is 35.2 Å². The van der Waals surface area contributed by atoms with E-state index in [0.717, 1.165) is 24.9 Å². The lowest BCUT2D eigenvalue weighted by molar-refractivity contribution is 0.0401. The van der Waals surface area contributed by atoms with E-state index in [9.17, 15) is 9.90 Å². The highest BCUT2D eigenvalue weighted by atomic mass is 35.5. The average molecular weight is 330 g/mol. The van der Waals surface area contributed by atoms with E-state index in [4.69, 9.17) is 11.6 Å². The molecular formula is C19H20ClNO2. The molecule has 1 saturated heterocycles. The zero-order valence-electron chi connectivity index (χ0n) is 12.9. The Bertz CT molecular complexity index is 657. The van der Waals surface area contributed by atoms with Crippen molar-refractivity contribution in [3.63, 3.8) is 0 Å². The van der Waals surface area contributed by atoms with Crippen LogP contribution in [-0.2, 0) is 0 Å². The molecule has 1 aliphatic rings. The van der Waals surface area contributed by atoms with Crippen LogP contribution < -0.4 is 0 Å². The van der Waals surface area contributed by atoms with Gasteiger partial charge in [-0.25, -0.2) is 0 Å². The molecule has 2 unspecified atom stereocenters. The van der Waals surface area contributed by atoms with Gasteiger partial charge < -0.3 is 10.0 Å². The van der Waals surface area contributed by atoms with E-state index in [2.05, 4.69) is 0 Å². The molecule has 23 heavy (non-hydrogen) atoms. The molecule has 0 aliphatic carbocycles. The number of halogens is 1. The number of aliphatic hydroxyl groups is 1. The lowest BCUT2D eigenvalue weighted by Gasteiger charge is -2.35. The van der Waals surface area contributed by atoms with E-state index in [0.29, 0.717) is 17.1 Å². The molecule has 120 valence electrons. The van der Waals surface area contributed by atoms with Gasteiger partial charge in [-0.15, -0.1) is 0 Å². The molecule has 2 aromatic rings. The molecule has 4 heteroatoms. The van der Waals surface area contributed by atoms with Crippen LogP contribution in [0.2, 0.25) is 5.02 Å². The van der Waals surface area contributed by atoms with Crippen molar-refractivity contribution >= 4 is 17.5 Å². The largest absolute Gasteiger partial charge is 0.388 e. The Hall–Kier alpha value is -1.84. The Labute approximate surface area is 141 Å². The number of aliphatic hydroxyl groups excluding tert-OH is 1. The highest BCUT2D eigenvalue weighted by Crippen LogP contribution is 2.30. The number of benzene rings is 2. The number of rotatable bonds is 3. The van der Waals surface area contributed by atoms with Crippen molar-refractivity contribution < 1.29 is 9.90 Å². The maximum atomic E-state index is 12.6. The lowest BCUT2D eigenvalue weighted by atomic mass is 9.88. The van der Waals surface area contributed by atoms with Crippen LogP contribution in [0, 0.1) is 5.92 Å². The first kappa shape index (κ1) is 16.0. The molecule has 1 amide bonds. The second kappa shape index (κ2) is 7.16. The Morgan fingerprint density at radius 2 is 1.83 bits per heavy atom. The Kier molecular flexibility index (Phi) is 4.99. The number of piperidine rings is 1. The van der Waals surface area contributed by atoms with Crippen molar-refractivity contribution in [2.24, 2.45) is 5.92 Å². The Morgan fingerprint density at radius 1 is 1.13 bits per heavy atom. The van der Waals surface area contributed by atoms with Crippen molar-refractivity contribution in [1.29, 1.82) is 0 Å². The topological polar surface area (TPSA) is 40.5 Å². The molecule has 0 saturated carbocycles.